The summed E-state index contributed by atoms with van der Waals surface area (Å²) in [5.74, 6) is 0.404. The Hall–Kier alpha value is -0.170. The van der Waals surface area contributed by atoms with Gasteiger partial charge < -0.3 is 10.1 Å². The lowest BCUT2D eigenvalue weighted by atomic mass is 9.99. The second-order valence-electron chi connectivity index (χ2n) is 5.95. The van der Waals surface area contributed by atoms with E-state index >= 15 is 0 Å². The van der Waals surface area contributed by atoms with Gasteiger partial charge in [0, 0.05) is 26.2 Å². The highest BCUT2D eigenvalue weighted by Gasteiger charge is 2.26. The van der Waals surface area contributed by atoms with Crippen LogP contribution in [0.1, 0.15) is 33.6 Å². The topological polar surface area (TPSA) is 58.6 Å². The van der Waals surface area contributed by atoms with E-state index in [1.165, 1.54) is 6.26 Å². The standard InChI is InChI=1S/C13H28N2O3S/c1-5-18-13(2,3)11-14-9-12-7-6-8-15(10-12)19(4,16)17/h12,14H,5-11H2,1-4H3. The molecule has 1 N–H and O–H groups in total. The summed E-state index contributed by atoms with van der Waals surface area (Å²) in [4.78, 5) is 0. The van der Waals surface area contributed by atoms with Crippen LogP contribution < -0.4 is 5.32 Å². The molecule has 0 amide bonds. The van der Waals surface area contributed by atoms with Gasteiger partial charge in [0.2, 0.25) is 10.0 Å². The van der Waals surface area contributed by atoms with E-state index in [9.17, 15) is 8.42 Å². The molecule has 1 heterocycles. The molecule has 0 aromatic heterocycles. The number of rotatable bonds is 7. The van der Waals surface area contributed by atoms with Crippen molar-refractivity contribution >= 4 is 10.0 Å². The van der Waals surface area contributed by atoms with E-state index in [4.69, 9.17) is 4.74 Å². The molecule has 0 aromatic rings. The van der Waals surface area contributed by atoms with Crippen molar-refractivity contribution in [1.29, 1.82) is 0 Å². The van der Waals surface area contributed by atoms with Crippen molar-refractivity contribution in [1.82, 2.24) is 9.62 Å². The molecule has 1 aliphatic rings. The van der Waals surface area contributed by atoms with Crippen molar-refractivity contribution in [2.45, 2.75) is 39.2 Å². The Kier molecular flexibility index (Phi) is 6.23. The molecule has 1 unspecified atom stereocenters. The Morgan fingerprint density at radius 2 is 2.11 bits per heavy atom. The van der Waals surface area contributed by atoms with Crippen LogP contribution >= 0.6 is 0 Å². The van der Waals surface area contributed by atoms with Crippen LogP contribution in [-0.4, -0.2) is 57.4 Å². The zero-order chi connectivity index (χ0) is 14.5. The zero-order valence-corrected chi connectivity index (χ0v) is 13.4. The Morgan fingerprint density at radius 3 is 2.68 bits per heavy atom. The highest BCUT2D eigenvalue weighted by Crippen LogP contribution is 2.18. The van der Waals surface area contributed by atoms with Crippen LogP contribution in [0.25, 0.3) is 0 Å². The predicted molar refractivity (Wildman–Crippen MR) is 77.7 cm³/mol. The zero-order valence-electron chi connectivity index (χ0n) is 12.6. The van der Waals surface area contributed by atoms with E-state index in [1.54, 1.807) is 4.31 Å². The van der Waals surface area contributed by atoms with Crippen molar-refractivity contribution in [3.63, 3.8) is 0 Å². The lowest BCUT2D eigenvalue weighted by Gasteiger charge is -2.32. The van der Waals surface area contributed by atoms with Crippen molar-refractivity contribution in [3.05, 3.63) is 0 Å². The Morgan fingerprint density at radius 1 is 1.42 bits per heavy atom. The fraction of sp³-hybridized carbons (Fsp3) is 1.00. The first-order valence-electron chi connectivity index (χ1n) is 7.04. The summed E-state index contributed by atoms with van der Waals surface area (Å²) in [7, 11) is -3.04. The molecule has 1 atom stereocenters. The largest absolute Gasteiger partial charge is 0.375 e. The molecule has 0 aromatic carbocycles. The normalized spacial score (nSPS) is 22.6. The first kappa shape index (κ1) is 16.9. The van der Waals surface area contributed by atoms with Gasteiger partial charge in [-0.05, 0) is 46.1 Å². The molecule has 0 saturated carbocycles. The van der Waals surface area contributed by atoms with E-state index in [-0.39, 0.29) is 5.60 Å². The molecule has 1 rings (SSSR count). The SMILES string of the molecule is CCOC(C)(C)CNCC1CCCN(S(C)(=O)=O)C1. The van der Waals surface area contributed by atoms with E-state index in [2.05, 4.69) is 19.2 Å². The van der Waals surface area contributed by atoms with Gasteiger partial charge in [0.05, 0.1) is 11.9 Å². The van der Waals surface area contributed by atoms with Gasteiger partial charge in [0.25, 0.3) is 0 Å². The third-order valence-corrected chi connectivity index (χ3v) is 4.74. The summed E-state index contributed by atoms with van der Waals surface area (Å²) >= 11 is 0. The van der Waals surface area contributed by atoms with Crippen LogP contribution in [-0.2, 0) is 14.8 Å². The number of hydrogen-bond acceptors (Lipinski definition) is 4. The molecule has 6 heteroatoms. The van der Waals surface area contributed by atoms with Crippen LogP contribution in [0, 0.1) is 5.92 Å². The summed E-state index contributed by atoms with van der Waals surface area (Å²) in [5, 5.41) is 3.41. The predicted octanol–water partition coefficient (Wildman–Crippen LogP) is 1.06. The van der Waals surface area contributed by atoms with Crippen LogP contribution in [0.2, 0.25) is 0 Å². The molecule has 1 aliphatic heterocycles. The monoisotopic (exact) mass is 292 g/mol. The smallest absolute Gasteiger partial charge is 0.211 e. The molecule has 0 aliphatic carbocycles. The fourth-order valence-electron chi connectivity index (χ4n) is 2.51. The Bertz CT molecular complexity index is 368. The summed E-state index contributed by atoms with van der Waals surface area (Å²) in [5.41, 5.74) is -0.167. The van der Waals surface area contributed by atoms with E-state index in [0.717, 1.165) is 25.9 Å². The molecular weight excluding hydrogens is 264 g/mol. The second kappa shape index (κ2) is 7.02. The van der Waals surface area contributed by atoms with E-state index in [1.807, 2.05) is 6.92 Å². The molecule has 0 bridgehead atoms. The maximum absolute atomic E-state index is 11.5. The number of piperidine rings is 1. The first-order chi connectivity index (χ1) is 8.74. The van der Waals surface area contributed by atoms with Crippen molar-refractivity contribution in [2.75, 3.05) is 39.0 Å². The maximum atomic E-state index is 11.5. The van der Waals surface area contributed by atoms with Crippen LogP contribution in [0.15, 0.2) is 0 Å². The average Bonchev–Trinajstić information content (AvgIpc) is 2.28. The summed E-state index contributed by atoms with van der Waals surface area (Å²) in [6, 6.07) is 0. The van der Waals surface area contributed by atoms with Crippen molar-refractivity contribution in [2.24, 2.45) is 5.92 Å². The van der Waals surface area contributed by atoms with Gasteiger partial charge in [-0.2, -0.15) is 0 Å². The lowest BCUT2D eigenvalue weighted by molar-refractivity contribution is -0.00952. The van der Waals surface area contributed by atoms with Gasteiger partial charge in [-0.3, -0.25) is 0 Å². The Balaban J connectivity index is 2.34. The lowest BCUT2D eigenvalue weighted by Crippen LogP contribution is -2.45. The van der Waals surface area contributed by atoms with Gasteiger partial charge >= 0.3 is 0 Å². The molecule has 0 spiro atoms. The number of nitrogens with zero attached hydrogens (tertiary/aromatic N) is 1. The number of ether oxygens (including phenoxy) is 1. The fourth-order valence-corrected chi connectivity index (χ4v) is 3.46. The summed E-state index contributed by atoms with van der Waals surface area (Å²) in [6.45, 7) is 9.77. The van der Waals surface area contributed by atoms with E-state index in [0.29, 0.717) is 25.6 Å². The molecule has 1 saturated heterocycles. The second-order valence-corrected chi connectivity index (χ2v) is 7.94. The van der Waals surface area contributed by atoms with Gasteiger partial charge in [-0.1, -0.05) is 0 Å². The molecule has 114 valence electrons. The summed E-state index contributed by atoms with van der Waals surface area (Å²) in [6.07, 6.45) is 3.34. The van der Waals surface area contributed by atoms with E-state index < -0.39 is 10.0 Å². The van der Waals surface area contributed by atoms with Crippen LogP contribution in [0.5, 0.6) is 0 Å². The average molecular weight is 292 g/mol. The molecular formula is C13H28N2O3S. The number of nitrogens with one attached hydrogen (secondary N) is 1. The molecule has 5 nitrogen and oxygen atoms in total. The van der Waals surface area contributed by atoms with Gasteiger partial charge in [0.1, 0.15) is 0 Å². The van der Waals surface area contributed by atoms with Gasteiger partial charge in [-0.25, -0.2) is 12.7 Å². The number of sulfonamides is 1. The molecule has 1 fully saturated rings. The van der Waals surface area contributed by atoms with Crippen molar-refractivity contribution in [3.8, 4) is 0 Å². The van der Waals surface area contributed by atoms with Crippen LogP contribution in [0.3, 0.4) is 0 Å². The minimum Gasteiger partial charge on any atom is -0.375 e. The maximum Gasteiger partial charge on any atom is 0.211 e. The highest BCUT2D eigenvalue weighted by molar-refractivity contribution is 7.88. The molecule has 19 heavy (non-hydrogen) atoms. The first-order valence-corrected chi connectivity index (χ1v) is 8.89. The highest BCUT2D eigenvalue weighted by atomic mass is 32.2. The van der Waals surface area contributed by atoms with Crippen molar-refractivity contribution < 1.29 is 13.2 Å². The number of hydrogen-bond donors (Lipinski definition) is 1. The third kappa shape index (κ3) is 6.21. The van der Waals surface area contributed by atoms with Gasteiger partial charge in [0.15, 0.2) is 0 Å². The quantitative estimate of drug-likeness (QED) is 0.762. The minimum atomic E-state index is -3.04. The Labute approximate surface area is 117 Å². The summed E-state index contributed by atoms with van der Waals surface area (Å²) < 4.78 is 30.3. The van der Waals surface area contributed by atoms with Gasteiger partial charge in [-0.15, -0.1) is 0 Å². The minimum absolute atomic E-state index is 0.167. The van der Waals surface area contributed by atoms with Crippen LogP contribution in [0.4, 0.5) is 0 Å². The molecule has 0 radical (unpaired) electrons. The third-order valence-electron chi connectivity index (χ3n) is 3.47.